The molecule has 1 amide bonds. The summed E-state index contributed by atoms with van der Waals surface area (Å²) in [4.78, 5) is 19.4. The number of nitrogens with one attached hydrogen (secondary N) is 2. The molecule has 3 aromatic rings. The van der Waals surface area contributed by atoms with E-state index >= 15 is 0 Å². The van der Waals surface area contributed by atoms with Crippen LogP contribution in [0.25, 0.3) is 0 Å². The number of alkyl halides is 3. The molecule has 0 spiro atoms. The first-order valence-corrected chi connectivity index (χ1v) is 11.9. The summed E-state index contributed by atoms with van der Waals surface area (Å²) in [5.41, 5.74) is 1.16. The van der Waals surface area contributed by atoms with Crippen molar-refractivity contribution in [3.8, 4) is 5.75 Å². The Hall–Kier alpha value is -3.34. The SMILES string of the molecule is COc1cc(NC(=S)NC2N=C(c3ccccc3Cl)c3cc(Cl)ccc3N(C)C2=O)cc(C(F)(F)F)c1. The molecule has 192 valence electrons. The molecule has 0 saturated heterocycles. The fraction of sp³-hybridized carbons (Fsp3) is 0.160. The molecule has 6 nitrogen and oxygen atoms in total. The normalized spacial score (nSPS) is 15.4. The molecule has 1 aliphatic rings. The number of aliphatic imine (C=N–C) groups is 1. The monoisotopic (exact) mass is 566 g/mol. The van der Waals surface area contributed by atoms with Gasteiger partial charge in [-0.05, 0) is 48.6 Å². The van der Waals surface area contributed by atoms with Crippen LogP contribution in [0, 0.1) is 0 Å². The summed E-state index contributed by atoms with van der Waals surface area (Å²) in [6.45, 7) is 0. The van der Waals surface area contributed by atoms with Gasteiger partial charge in [-0.25, -0.2) is 4.99 Å². The Kier molecular flexibility index (Phi) is 7.63. The van der Waals surface area contributed by atoms with Crippen LogP contribution in [-0.2, 0) is 11.0 Å². The van der Waals surface area contributed by atoms with Crippen molar-refractivity contribution in [3.05, 3.63) is 87.4 Å². The standard InChI is InChI=1S/C25H19Cl2F3N4O2S/c1-34-20-8-7-14(26)11-18(20)21(17-5-3-4-6-19(17)27)32-22(23(34)35)33-24(37)31-15-9-13(25(28,29)30)10-16(12-15)36-2/h3-12,22H,1-2H3,(H2,31,33,37). The van der Waals surface area contributed by atoms with E-state index in [9.17, 15) is 18.0 Å². The first-order chi connectivity index (χ1) is 17.5. The van der Waals surface area contributed by atoms with Gasteiger partial charge >= 0.3 is 6.18 Å². The lowest BCUT2D eigenvalue weighted by atomic mass is 10.00. The fourth-order valence-electron chi connectivity index (χ4n) is 3.75. The number of carbonyl (C=O) groups excluding carboxylic acids is 1. The van der Waals surface area contributed by atoms with Crippen LogP contribution >= 0.6 is 35.4 Å². The van der Waals surface area contributed by atoms with Crippen molar-refractivity contribution in [3.63, 3.8) is 0 Å². The quantitative estimate of drug-likeness (QED) is 0.371. The number of amides is 1. The number of halogens is 5. The van der Waals surface area contributed by atoms with Crippen molar-refractivity contribution < 1.29 is 22.7 Å². The highest BCUT2D eigenvalue weighted by atomic mass is 35.5. The molecule has 1 heterocycles. The van der Waals surface area contributed by atoms with Gasteiger partial charge in [0.2, 0.25) is 6.17 Å². The van der Waals surface area contributed by atoms with E-state index < -0.39 is 23.8 Å². The summed E-state index contributed by atoms with van der Waals surface area (Å²) in [6, 6.07) is 15.1. The number of ether oxygens (including phenoxy) is 1. The Labute approximate surface area is 226 Å². The predicted molar refractivity (Wildman–Crippen MR) is 143 cm³/mol. The van der Waals surface area contributed by atoms with E-state index in [0.29, 0.717) is 32.6 Å². The number of rotatable bonds is 4. The van der Waals surface area contributed by atoms with Crippen LogP contribution in [-0.4, -0.2) is 37.1 Å². The lowest BCUT2D eigenvalue weighted by Gasteiger charge is -2.22. The third-order valence-electron chi connectivity index (χ3n) is 5.52. The Morgan fingerprint density at radius 1 is 1.08 bits per heavy atom. The second-order valence-electron chi connectivity index (χ2n) is 7.97. The summed E-state index contributed by atoms with van der Waals surface area (Å²) in [5.74, 6) is -0.479. The molecule has 0 aromatic heterocycles. The number of hydrogen-bond acceptors (Lipinski definition) is 4. The zero-order valence-electron chi connectivity index (χ0n) is 19.4. The van der Waals surface area contributed by atoms with Crippen LogP contribution < -0.4 is 20.3 Å². The minimum atomic E-state index is -4.60. The van der Waals surface area contributed by atoms with Gasteiger partial charge in [0, 0.05) is 40.0 Å². The minimum absolute atomic E-state index is 0.0169. The first kappa shape index (κ1) is 26.7. The number of benzodiazepines with no additional fused rings is 1. The topological polar surface area (TPSA) is 66.0 Å². The zero-order valence-corrected chi connectivity index (χ0v) is 21.7. The maximum atomic E-state index is 13.4. The van der Waals surface area contributed by atoms with Gasteiger partial charge in [0.05, 0.1) is 24.1 Å². The third kappa shape index (κ3) is 5.82. The number of carbonyl (C=O) groups is 1. The molecule has 2 N–H and O–H groups in total. The van der Waals surface area contributed by atoms with Crippen molar-refractivity contribution in [2.75, 3.05) is 24.4 Å². The average Bonchev–Trinajstić information content (AvgIpc) is 2.94. The molecule has 1 atom stereocenters. The van der Waals surface area contributed by atoms with Gasteiger partial charge in [-0.1, -0.05) is 41.4 Å². The number of nitrogens with zero attached hydrogens (tertiary/aromatic N) is 2. The molecule has 1 aliphatic heterocycles. The molecule has 4 rings (SSSR count). The second kappa shape index (κ2) is 10.6. The van der Waals surface area contributed by atoms with Gasteiger partial charge < -0.3 is 20.3 Å². The number of thiocarbonyl (C=S) groups is 1. The zero-order chi connectivity index (χ0) is 26.9. The molecule has 37 heavy (non-hydrogen) atoms. The molecule has 12 heteroatoms. The first-order valence-electron chi connectivity index (χ1n) is 10.7. The van der Waals surface area contributed by atoms with Crippen LogP contribution in [0.4, 0.5) is 24.5 Å². The van der Waals surface area contributed by atoms with E-state index in [1.54, 1.807) is 49.5 Å². The Balaban J connectivity index is 1.71. The van der Waals surface area contributed by atoms with E-state index in [1.807, 2.05) is 0 Å². The molecule has 0 fully saturated rings. The van der Waals surface area contributed by atoms with E-state index in [1.165, 1.54) is 18.1 Å². The van der Waals surface area contributed by atoms with Crippen molar-refractivity contribution in [1.82, 2.24) is 5.32 Å². The predicted octanol–water partition coefficient (Wildman–Crippen LogP) is 6.15. The Bertz CT molecular complexity index is 1410. The van der Waals surface area contributed by atoms with Gasteiger partial charge in [-0.3, -0.25) is 4.79 Å². The van der Waals surface area contributed by atoms with Crippen molar-refractivity contribution in [2.24, 2.45) is 4.99 Å². The van der Waals surface area contributed by atoms with E-state index in [4.69, 9.17) is 40.2 Å². The van der Waals surface area contributed by atoms with Crippen LogP contribution in [0.2, 0.25) is 10.0 Å². The van der Waals surface area contributed by atoms with Gasteiger partial charge in [-0.2, -0.15) is 13.2 Å². The summed E-state index contributed by atoms with van der Waals surface area (Å²) >= 11 is 18.0. The molecule has 1 unspecified atom stereocenters. The molecule has 0 saturated carbocycles. The summed E-state index contributed by atoms with van der Waals surface area (Å²) in [7, 11) is 2.83. The number of anilines is 2. The number of fused-ring (bicyclic) bond motifs is 1. The number of methoxy groups -OCH3 is 1. The molecule has 0 aliphatic carbocycles. The third-order valence-corrected chi connectivity index (χ3v) is 6.31. The van der Waals surface area contributed by atoms with Crippen molar-refractivity contribution >= 4 is 63.5 Å². The van der Waals surface area contributed by atoms with Crippen molar-refractivity contribution in [2.45, 2.75) is 12.3 Å². The highest BCUT2D eigenvalue weighted by Crippen LogP contribution is 2.34. The van der Waals surface area contributed by atoms with E-state index in [0.717, 1.165) is 12.1 Å². The fourth-order valence-corrected chi connectivity index (χ4v) is 4.38. The van der Waals surface area contributed by atoms with Gasteiger partial charge in [0.15, 0.2) is 5.11 Å². The van der Waals surface area contributed by atoms with E-state index in [2.05, 4.69) is 15.6 Å². The summed E-state index contributed by atoms with van der Waals surface area (Å²) in [5, 5.41) is 6.19. The Morgan fingerprint density at radius 2 is 1.81 bits per heavy atom. The van der Waals surface area contributed by atoms with Crippen LogP contribution in [0.3, 0.4) is 0 Å². The minimum Gasteiger partial charge on any atom is -0.497 e. The molecule has 3 aromatic carbocycles. The summed E-state index contributed by atoms with van der Waals surface area (Å²) in [6.07, 6.45) is -5.82. The molecule has 0 radical (unpaired) electrons. The van der Waals surface area contributed by atoms with Crippen LogP contribution in [0.5, 0.6) is 5.75 Å². The highest BCUT2D eigenvalue weighted by molar-refractivity contribution is 7.80. The smallest absolute Gasteiger partial charge is 0.416 e. The van der Waals surface area contributed by atoms with Gasteiger partial charge in [0.1, 0.15) is 5.75 Å². The number of hydrogen-bond donors (Lipinski definition) is 2. The lowest BCUT2D eigenvalue weighted by molar-refractivity contribution is -0.137. The number of benzene rings is 3. The average molecular weight is 567 g/mol. The maximum Gasteiger partial charge on any atom is 0.416 e. The molecular weight excluding hydrogens is 548 g/mol. The van der Waals surface area contributed by atoms with Crippen LogP contribution in [0.15, 0.2) is 65.7 Å². The Morgan fingerprint density at radius 3 is 2.49 bits per heavy atom. The van der Waals surface area contributed by atoms with E-state index in [-0.39, 0.29) is 16.5 Å². The number of likely N-dealkylation sites (N-methyl/N-ethyl adjacent to an activating group) is 1. The highest BCUT2D eigenvalue weighted by Gasteiger charge is 2.33. The molecule has 0 bridgehead atoms. The molecular formula is C25H19Cl2F3N4O2S. The van der Waals surface area contributed by atoms with Gasteiger partial charge in [0.25, 0.3) is 5.91 Å². The second-order valence-corrected chi connectivity index (χ2v) is 9.22. The van der Waals surface area contributed by atoms with Crippen molar-refractivity contribution in [1.29, 1.82) is 0 Å². The summed E-state index contributed by atoms with van der Waals surface area (Å²) < 4.78 is 44.9. The largest absolute Gasteiger partial charge is 0.497 e. The van der Waals surface area contributed by atoms with Crippen LogP contribution in [0.1, 0.15) is 16.7 Å². The lowest BCUT2D eigenvalue weighted by Crippen LogP contribution is -2.47. The van der Waals surface area contributed by atoms with Gasteiger partial charge in [-0.15, -0.1) is 0 Å². The maximum absolute atomic E-state index is 13.4.